The normalized spacial score (nSPS) is 11.2. The van der Waals surface area contributed by atoms with Crippen LogP contribution in [0.25, 0.3) is 10.9 Å². The van der Waals surface area contributed by atoms with Gasteiger partial charge in [0.15, 0.2) is 0 Å². The Hall–Kier alpha value is -2.07. The molecule has 3 aromatic rings. The third kappa shape index (κ3) is 2.85. The first kappa shape index (κ1) is 12.0. The van der Waals surface area contributed by atoms with E-state index in [1.54, 1.807) is 0 Å². The molecule has 0 fully saturated rings. The Morgan fingerprint density at radius 3 is 3.11 bits per heavy atom. The number of aryl methyl sites for hydroxylation is 1. The van der Waals surface area contributed by atoms with Crippen molar-refractivity contribution in [3.8, 4) is 0 Å². The molecule has 0 bridgehead atoms. The summed E-state index contributed by atoms with van der Waals surface area (Å²) in [7, 11) is 0. The van der Waals surface area contributed by atoms with E-state index < -0.39 is 0 Å². The van der Waals surface area contributed by atoms with Gasteiger partial charge in [-0.15, -0.1) is 0 Å². The van der Waals surface area contributed by atoms with Crippen molar-refractivity contribution in [2.24, 2.45) is 0 Å². The Labute approximate surface area is 112 Å². The van der Waals surface area contributed by atoms with Crippen LogP contribution in [0.4, 0.5) is 0 Å². The van der Waals surface area contributed by atoms with E-state index in [0.29, 0.717) is 0 Å². The summed E-state index contributed by atoms with van der Waals surface area (Å²) in [5.74, 6) is 0. The maximum Gasteiger partial charge on any atom is 0.0945 e. The fraction of sp³-hybridized carbons (Fsp3) is 0.267. The van der Waals surface area contributed by atoms with Crippen LogP contribution >= 0.6 is 0 Å². The minimum Gasteiger partial charge on any atom is -0.361 e. The van der Waals surface area contributed by atoms with Gasteiger partial charge in [-0.05, 0) is 24.6 Å². The van der Waals surface area contributed by atoms with Crippen LogP contribution in [0.2, 0.25) is 0 Å². The molecule has 0 saturated heterocycles. The molecule has 4 nitrogen and oxygen atoms in total. The van der Waals surface area contributed by atoms with Crippen molar-refractivity contribution in [3.05, 3.63) is 54.7 Å². The number of H-pyrrole nitrogens is 1. The predicted molar refractivity (Wildman–Crippen MR) is 76.8 cm³/mol. The van der Waals surface area contributed by atoms with E-state index in [-0.39, 0.29) is 0 Å². The lowest BCUT2D eigenvalue weighted by Crippen LogP contribution is -2.16. The molecule has 0 saturated carbocycles. The number of benzene rings is 1. The highest BCUT2D eigenvalue weighted by molar-refractivity contribution is 5.82. The molecule has 98 valence electrons. The van der Waals surface area contributed by atoms with Crippen LogP contribution in [-0.2, 0) is 13.1 Å². The number of nitrogens with one attached hydrogen (secondary N) is 2. The number of hydrogen-bond donors (Lipinski definition) is 2. The molecule has 19 heavy (non-hydrogen) atoms. The number of aromatic nitrogens is 3. The molecule has 0 aliphatic rings. The second-order valence-electron chi connectivity index (χ2n) is 4.69. The van der Waals surface area contributed by atoms with E-state index in [1.165, 1.54) is 16.5 Å². The monoisotopic (exact) mass is 254 g/mol. The van der Waals surface area contributed by atoms with Crippen molar-refractivity contribution < 1.29 is 0 Å². The molecular formula is C15H18N4. The Balaban J connectivity index is 1.47. The third-order valence-corrected chi connectivity index (χ3v) is 3.32. The summed E-state index contributed by atoms with van der Waals surface area (Å²) in [6, 6.07) is 8.41. The topological polar surface area (TPSA) is 45.6 Å². The number of aromatic amines is 1. The van der Waals surface area contributed by atoms with E-state index in [2.05, 4.69) is 50.3 Å². The number of hydrogen-bond acceptors (Lipinski definition) is 2. The second-order valence-corrected chi connectivity index (χ2v) is 4.69. The summed E-state index contributed by atoms with van der Waals surface area (Å²) in [5, 5.41) is 4.80. The molecule has 0 aliphatic heterocycles. The fourth-order valence-electron chi connectivity index (χ4n) is 2.31. The van der Waals surface area contributed by atoms with Gasteiger partial charge in [-0.25, -0.2) is 4.98 Å². The van der Waals surface area contributed by atoms with Crippen molar-refractivity contribution in [1.82, 2.24) is 19.9 Å². The van der Waals surface area contributed by atoms with Gasteiger partial charge in [-0.3, -0.25) is 0 Å². The number of nitrogens with zero attached hydrogens (tertiary/aromatic N) is 2. The minimum absolute atomic E-state index is 0.911. The lowest BCUT2D eigenvalue weighted by molar-refractivity contribution is 0.581. The van der Waals surface area contributed by atoms with Gasteiger partial charge in [0.1, 0.15) is 0 Å². The zero-order valence-corrected chi connectivity index (χ0v) is 10.8. The molecule has 2 N–H and O–H groups in total. The van der Waals surface area contributed by atoms with Gasteiger partial charge >= 0.3 is 0 Å². The maximum atomic E-state index is 4.03. The van der Waals surface area contributed by atoms with Crippen LogP contribution in [0.1, 0.15) is 12.0 Å². The molecule has 1 aromatic carbocycles. The van der Waals surface area contributed by atoms with Crippen LogP contribution in [0.3, 0.4) is 0 Å². The summed E-state index contributed by atoms with van der Waals surface area (Å²) in [4.78, 5) is 7.33. The molecule has 2 heterocycles. The van der Waals surface area contributed by atoms with Crippen molar-refractivity contribution in [2.45, 2.75) is 19.5 Å². The van der Waals surface area contributed by atoms with Crippen LogP contribution in [0, 0.1) is 0 Å². The van der Waals surface area contributed by atoms with Crippen molar-refractivity contribution >= 4 is 10.9 Å². The number of fused-ring (bicyclic) bond motifs is 1. The summed E-state index contributed by atoms with van der Waals surface area (Å²) < 4.78 is 2.10. The highest BCUT2D eigenvalue weighted by Gasteiger charge is 2.01. The first-order chi connectivity index (χ1) is 9.43. The quantitative estimate of drug-likeness (QED) is 0.664. The molecule has 0 unspecified atom stereocenters. The molecule has 0 aliphatic carbocycles. The number of imidazole rings is 1. The summed E-state index contributed by atoms with van der Waals surface area (Å²) >= 11 is 0. The Morgan fingerprint density at radius 1 is 1.26 bits per heavy atom. The fourth-order valence-corrected chi connectivity index (χ4v) is 2.31. The smallest absolute Gasteiger partial charge is 0.0945 e. The first-order valence-electron chi connectivity index (χ1n) is 6.65. The summed E-state index contributed by atoms with van der Waals surface area (Å²) in [6.45, 7) is 2.94. The molecule has 0 atom stereocenters. The maximum absolute atomic E-state index is 4.03. The molecule has 4 heteroatoms. The number of rotatable bonds is 6. The second kappa shape index (κ2) is 5.71. The van der Waals surface area contributed by atoms with Gasteiger partial charge < -0.3 is 14.9 Å². The predicted octanol–water partition coefficient (Wildman–Crippen LogP) is 2.54. The van der Waals surface area contributed by atoms with Gasteiger partial charge in [0.05, 0.1) is 6.33 Å². The molecule has 0 amide bonds. The third-order valence-electron chi connectivity index (χ3n) is 3.32. The Bertz CT molecular complexity index is 624. The minimum atomic E-state index is 0.911. The van der Waals surface area contributed by atoms with Crippen LogP contribution in [0.15, 0.2) is 49.2 Å². The SMILES string of the molecule is c1ccc2c(CNCCCn3ccnc3)c[nH]c2c1. The van der Waals surface area contributed by atoms with Crippen LogP contribution in [-0.4, -0.2) is 21.1 Å². The van der Waals surface area contributed by atoms with E-state index in [9.17, 15) is 0 Å². The van der Waals surface area contributed by atoms with Crippen molar-refractivity contribution in [1.29, 1.82) is 0 Å². The van der Waals surface area contributed by atoms with E-state index in [4.69, 9.17) is 0 Å². The standard InChI is InChI=1S/C15H18N4/c1-2-5-15-14(4-1)13(11-18-15)10-16-6-3-8-19-9-7-17-12-19/h1-2,4-5,7,9,11-12,16,18H,3,6,8,10H2. The van der Waals surface area contributed by atoms with E-state index in [1.807, 2.05) is 18.7 Å². The highest BCUT2D eigenvalue weighted by Crippen LogP contribution is 2.17. The van der Waals surface area contributed by atoms with Gasteiger partial charge in [0, 0.05) is 42.6 Å². The van der Waals surface area contributed by atoms with Crippen molar-refractivity contribution in [2.75, 3.05) is 6.54 Å². The Morgan fingerprint density at radius 2 is 2.21 bits per heavy atom. The van der Waals surface area contributed by atoms with Gasteiger partial charge in [0.25, 0.3) is 0 Å². The largest absolute Gasteiger partial charge is 0.361 e. The first-order valence-corrected chi connectivity index (χ1v) is 6.65. The van der Waals surface area contributed by atoms with Crippen LogP contribution in [0.5, 0.6) is 0 Å². The van der Waals surface area contributed by atoms with Gasteiger partial charge in [-0.1, -0.05) is 18.2 Å². The van der Waals surface area contributed by atoms with E-state index >= 15 is 0 Å². The molecule has 3 rings (SSSR count). The Kier molecular flexibility index (Phi) is 3.61. The van der Waals surface area contributed by atoms with Crippen molar-refractivity contribution in [3.63, 3.8) is 0 Å². The zero-order chi connectivity index (χ0) is 12.9. The molecular weight excluding hydrogens is 236 g/mol. The van der Waals surface area contributed by atoms with Crippen LogP contribution < -0.4 is 5.32 Å². The van der Waals surface area contributed by atoms with Gasteiger partial charge in [-0.2, -0.15) is 0 Å². The highest BCUT2D eigenvalue weighted by atomic mass is 15.0. The molecule has 2 aromatic heterocycles. The lowest BCUT2D eigenvalue weighted by atomic mass is 10.2. The molecule has 0 radical (unpaired) electrons. The zero-order valence-electron chi connectivity index (χ0n) is 10.8. The summed E-state index contributed by atoms with van der Waals surface area (Å²) in [5.41, 5.74) is 2.54. The average Bonchev–Trinajstić information content (AvgIpc) is 3.08. The average molecular weight is 254 g/mol. The number of para-hydroxylation sites is 1. The lowest BCUT2D eigenvalue weighted by Gasteiger charge is -2.04. The molecule has 0 spiro atoms. The van der Waals surface area contributed by atoms with E-state index in [0.717, 1.165) is 26.1 Å². The summed E-state index contributed by atoms with van der Waals surface area (Å²) in [6.07, 6.45) is 8.88. The van der Waals surface area contributed by atoms with Gasteiger partial charge in [0.2, 0.25) is 0 Å².